The van der Waals surface area contributed by atoms with E-state index in [1.54, 1.807) is 0 Å². The summed E-state index contributed by atoms with van der Waals surface area (Å²) < 4.78 is 5.12. The zero-order chi connectivity index (χ0) is 14.1. The molecule has 1 aromatic heterocycles. The van der Waals surface area contributed by atoms with Crippen molar-refractivity contribution in [3.8, 4) is 0 Å². The monoisotopic (exact) mass is 286 g/mol. The molecule has 0 aliphatic carbocycles. The van der Waals surface area contributed by atoms with E-state index in [4.69, 9.17) is 14.6 Å². The minimum atomic E-state index is -0.221. The third kappa shape index (κ3) is 2.53. The minimum absolute atomic E-state index is 0.133. The van der Waals surface area contributed by atoms with Gasteiger partial charge in [0.15, 0.2) is 0 Å². The molecular formula is C11H18N4O5. The Morgan fingerprint density at radius 3 is 2.75 bits per heavy atom. The highest BCUT2D eigenvalue weighted by Gasteiger charge is 2.32. The van der Waals surface area contributed by atoms with E-state index in [-0.39, 0.29) is 43.9 Å². The number of hydrogen-bond donors (Lipinski definition) is 1. The molecule has 1 atom stereocenters. The van der Waals surface area contributed by atoms with Gasteiger partial charge in [0.05, 0.1) is 0 Å². The second-order valence-corrected chi connectivity index (χ2v) is 5.15. The molecule has 2 aliphatic rings. The third-order valence-corrected chi connectivity index (χ3v) is 3.71. The van der Waals surface area contributed by atoms with Gasteiger partial charge in [-0.2, -0.15) is 4.63 Å². The number of aliphatic hydroxyl groups excluding tert-OH is 1. The Kier molecular flexibility index (Phi) is 3.43. The van der Waals surface area contributed by atoms with Crippen molar-refractivity contribution in [1.82, 2.24) is 14.9 Å². The van der Waals surface area contributed by atoms with Crippen LogP contribution in [-0.4, -0.2) is 58.2 Å². The zero-order valence-corrected chi connectivity index (χ0v) is 11.1. The second-order valence-electron chi connectivity index (χ2n) is 5.15. The van der Waals surface area contributed by atoms with Crippen molar-refractivity contribution in [3.05, 3.63) is 0 Å². The van der Waals surface area contributed by atoms with E-state index < -0.39 is 0 Å². The van der Waals surface area contributed by atoms with Crippen LogP contribution in [0.2, 0.25) is 0 Å². The van der Waals surface area contributed by atoms with Gasteiger partial charge in [-0.3, -0.25) is 14.6 Å². The Bertz CT molecular complexity index is 474. The van der Waals surface area contributed by atoms with Crippen LogP contribution in [0.1, 0.15) is 25.7 Å². The topological polar surface area (TPSA) is 93.1 Å². The number of imide groups is 1. The van der Waals surface area contributed by atoms with Crippen LogP contribution in [0.15, 0.2) is 4.63 Å². The molecule has 20 heavy (non-hydrogen) atoms. The maximum atomic E-state index is 11.4. The molecule has 1 aromatic rings. The van der Waals surface area contributed by atoms with Crippen molar-refractivity contribution in [1.29, 1.82) is 0 Å². The van der Waals surface area contributed by atoms with Gasteiger partial charge in [-0.05, 0) is 12.8 Å². The van der Waals surface area contributed by atoms with E-state index in [0.717, 1.165) is 29.3 Å². The highest BCUT2D eigenvalue weighted by molar-refractivity contribution is 6.01. The Morgan fingerprint density at radius 2 is 2.05 bits per heavy atom. The van der Waals surface area contributed by atoms with Crippen molar-refractivity contribution in [2.24, 2.45) is 5.92 Å². The maximum Gasteiger partial charge on any atom is 0.232 e. The summed E-state index contributed by atoms with van der Waals surface area (Å²) in [6.07, 6.45) is 2.47. The van der Waals surface area contributed by atoms with Crippen LogP contribution in [0.5, 0.6) is 0 Å². The highest BCUT2D eigenvalue weighted by atomic mass is 17.0. The van der Waals surface area contributed by atoms with E-state index in [1.165, 1.54) is 4.96 Å². The van der Waals surface area contributed by atoms with E-state index in [1.807, 2.05) is 5.01 Å². The summed E-state index contributed by atoms with van der Waals surface area (Å²) in [4.78, 5) is 30.5. The van der Waals surface area contributed by atoms with Gasteiger partial charge in [-0.25, -0.2) is 4.90 Å². The molecular weight excluding hydrogens is 268 g/mol. The molecule has 1 unspecified atom stereocenters. The second kappa shape index (κ2) is 5.23. The summed E-state index contributed by atoms with van der Waals surface area (Å²) in [6, 6.07) is 0. The fraction of sp³-hybridized carbons (Fsp3) is 0.818. The van der Waals surface area contributed by atoms with E-state index in [9.17, 15) is 9.59 Å². The number of carbonyl (C=O) groups excluding carboxylic acids is 2. The van der Waals surface area contributed by atoms with E-state index in [2.05, 4.69) is 0 Å². The largest absolute Gasteiger partial charge is 0.396 e. The smallest absolute Gasteiger partial charge is 0.232 e. The van der Waals surface area contributed by atoms with Crippen LogP contribution in [0.25, 0.3) is 0 Å². The van der Waals surface area contributed by atoms with E-state index in [0.29, 0.717) is 6.54 Å². The number of piperidine rings is 1. The van der Waals surface area contributed by atoms with E-state index >= 15 is 0 Å². The van der Waals surface area contributed by atoms with Crippen LogP contribution in [-0.2, 0) is 9.59 Å². The average Bonchev–Trinajstić information content (AvgIpc) is 3.18. The van der Waals surface area contributed by atoms with Gasteiger partial charge in [0, 0.05) is 43.4 Å². The lowest BCUT2D eigenvalue weighted by molar-refractivity contribution is -0.146. The summed E-state index contributed by atoms with van der Waals surface area (Å²) in [5.41, 5.74) is 0. The van der Waals surface area contributed by atoms with Crippen LogP contribution < -0.4 is 9.85 Å². The lowest BCUT2D eigenvalue weighted by atomic mass is 10.0. The molecule has 3 rings (SSSR count). The number of aliphatic hydroxyl groups is 1. The fourth-order valence-corrected chi connectivity index (χ4v) is 2.50. The first-order chi connectivity index (χ1) is 9.69. The molecule has 1 N–H and O–H groups in total. The van der Waals surface area contributed by atoms with Crippen molar-refractivity contribution >= 4 is 11.8 Å². The Balaban J connectivity index is 1.50. The number of carbonyl (C=O) groups is 2. The fourth-order valence-electron chi connectivity index (χ4n) is 2.50. The summed E-state index contributed by atoms with van der Waals surface area (Å²) in [5, 5.41) is 12.2. The first-order valence-corrected chi connectivity index (χ1v) is 6.79. The van der Waals surface area contributed by atoms with Gasteiger partial charge >= 0.3 is 0 Å². The number of hydrogen-bond acceptors (Lipinski definition) is 6. The molecule has 3 heterocycles. The zero-order valence-electron chi connectivity index (χ0n) is 11.1. The number of rotatable bonds is 5. The predicted octanol–water partition coefficient (Wildman–Crippen LogP) is -1.24. The molecule has 0 spiro atoms. The summed E-state index contributed by atoms with van der Waals surface area (Å²) >= 11 is 0. The molecule has 0 aromatic carbocycles. The van der Waals surface area contributed by atoms with Crippen molar-refractivity contribution in [3.63, 3.8) is 0 Å². The number of amides is 2. The lowest BCUT2D eigenvalue weighted by Gasteiger charge is -2.28. The third-order valence-electron chi connectivity index (χ3n) is 3.71. The number of nitrogens with zero attached hydrogens (tertiary/aromatic N) is 4. The summed E-state index contributed by atoms with van der Waals surface area (Å²) in [7, 11) is 0. The predicted molar refractivity (Wildman–Crippen MR) is 65.0 cm³/mol. The van der Waals surface area contributed by atoms with Crippen molar-refractivity contribution in [2.75, 3.05) is 31.4 Å². The molecule has 0 radical (unpaired) electrons. The van der Waals surface area contributed by atoms with Crippen LogP contribution in [0, 0.1) is 5.92 Å². The molecule has 2 saturated heterocycles. The molecule has 9 heteroatoms. The first-order valence-electron chi connectivity index (χ1n) is 6.79. The molecule has 2 amide bonds. The van der Waals surface area contributed by atoms with Crippen molar-refractivity contribution in [2.45, 2.75) is 25.7 Å². The normalized spacial score (nSPS) is 23.9. The first kappa shape index (κ1) is 13.1. The van der Waals surface area contributed by atoms with Crippen molar-refractivity contribution < 1.29 is 24.2 Å². The molecule has 2 aliphatic heterocycles. The van der Waals surface area contributed by atoms with Gasteiger partial charge in [0.25, 0.3) is 0 Å². The molecule has 0 saturated carbocycles. The number of likely N-dealkylation sites (tertiary alicyclic amines) is 1. The van der Waals surface area contributed by atoms with Gasteiger partial charge in [0.1, 0.15) is 5.02 Å². The van der Waals surface area contributed by atoms with Crippen LogP contribution in [0.3, 0.4) is 0 Å². The Labute approximate surface area is 115 Å². The highest BCUT2D eigenvalue weighted by Crippen LogP contribution is 2.16. The summed E-state index contributed by atoms with van der Waals surface area (Å²) in [5.74, 6) is -0.208. The van der Waals surface area contributed by atoms with Crippen LogP contribution in [0.4, 0.5) is 0 Å². The molecule has 2 fully saturated rings. The van der Waals surface area contributed by atoms with Crippen LogP contribution >= 0.6 is 0 Å². The molecule has 0 bridgehead atoms. The van der Waals surface area contributed by atoms with Gasteiger partial charge < -0.3 is 9.94 Å². The van der Waals surface area contributed by atoms with Gasteiger partial charge in [-0.1, -0.05) is 0 Å². The maximum absolute atomic E-state index is 11.4. The standard InChI is InChI=1S/C11H18N4O5/c16-7-9-2-1-5-12(6-9)14-15(20-14)19-8-13-10(17)3-4-11(13)18/h9,16H,1-8H2. The summed E-state index contributed by atoms with van der Waals surface area (Å²) in [6.45, 7) is 1.53. The Morgan fingerprint density at radius 1 is 1.30 bits per heavy atom. The Hall–Kier alpha value is -1.90. The SMILES string of the molecule is O=C1CCC(=O)N1COn1on1N1CCCC(CO)C1. The van der Waals surface area contributed by atoms with Gasteiger partial charge in [0.2, 0.25) is 18.5 Å². The molecule has 112 valence electrons. The minimum Gasteiger partial charge on any atom is -0.396 e. The lowest BCUT2D eigenvalue weighted by Crippen LogP contribution is -2.43. The van der Waals surface area contributed by atoms with Gasteiger partial charge in [-0.15, -0.1) is 0 Å². The number of aromatic nitrogens is 2. The quantitative estimate of drug-likeness (QED) is 0.680. The average molecular weight is 286 g/mol. The molecule has 9 nitrogen and oxygen atoms in total.